The van der Waals surface area contributed by atoms with Gasteiger partial charge in [0.1, 0.15) is 29.5 Å². The van der Waals surface area contributed by atoms with E-state index in [2.05, 4.69) is 118 Å². The highest BCUT2D eigenvalue weighted by atomic mass is 32.1. The molecule has 4 saturated heterocycles. The SMILES string of the molecule is CC(C)(C)OC(=O)N1CCC[C@H]1C1=NC=C(c2ccc3cc(-c4ccc5nc([C@@H]6CCCN6)[nH]c5c4)ccc3c2)C1.CC(C)(C)OC(=O)N1CCC[C@H]1C1=NC=C(c2ccc3cc(-c4ccc5nc([C@@H]6CCCN6C(=O)OCc6ccccc6)[nH]c5c4)ccc3c2)C1.S.S.S.S.[HH]. The van der Waals surface area contributed by atoms with Gasteiger partial charge in [0.05, 0.1) is 46.2 Å². The summed E-state index contributed by atoms with van der Waals surface area (Å²) in [6, 6.07) is 49.2. The van der Waals surface area contributed by atoms with Crippen molar-refractivity contribution in [1.29, 1.82) is 0 Å². The molecule has 2 aromatic heterocycles. The van der Waals surface area contributed by atoms with Crippen molar-refractivity contribution in [2.45, 2.75) is 148 Å². The first-order valence-corrected chi connectivity index (χ1v) is 32.8. The molecule has 96 heavy (non-hydrogen) atoms. The van der Waals surface area contributed by atoms with E-state index in [-0.39, 0.29) is 98.4 Å². The van der Waals surface area contributed by atoms with E-state index in [4.69, 9.17) is 34.2 Å². The Morgan fingerprint density at radius 3 is 1.36 bits per heavy atom. The number of benzene rings is 7. The number of nitrogens with one attached hydrogen (secondary N) is 3. The first kappa shape index (κ1) is 70.8. The molecule has 0 unspecified atom stereocenters. The highest BCUT2D eigenvalue weighted by Crippen LogP contribution is 2.38. The number of hydrogen-bond donors (Lipinski definition) is 3. The molecule has 16 nitrogen and oxygen atoms in total. The summed E-state index contributed by atoms with van der Waals surface area (Å²) in [5.41, 5.74) is 15.2. The average Bonchev–Trinajstić information content (AvgIpc) is 1.75. The molecule has 4 atom stereocenters. The summed E-state index contributed by atoms with van der Waals surface area (Å²) < 4.78 is 17.0. The lowest BCUT2D eigenvalue weighted by Crippen LogP contribution is -2.43. The van der Waals surface area contributed by atoms with Gasteiger partial charge in [0.15, 0.2) is 0 Å². The van der Waals surface area contributed by atoms with E-state index in [1.807, 2.05) is 100 Å². The van der Waals surface area contributed by atoms with Crippen LogP contribution in [0.3, 0.4) is 0 Å². The van der Waals surface area contributed by atoms with Gasteiger partial charge in [0.25, 0.3) is 0 Å². The number of hydrogen-bond acceptors (Lipinski definition) is 11. The monoisotopic (exact) mass is 1370 g/mol. The third kappa shape index (κ3) is 15.5. The summed E-state index contributed by atoms with van der Waals surface area (Å²) in [6.45, 7) is 14.8. The number of rotatable bonds is 10. The minimum absolute atomic E-state index is 0. The van der Waals surface area contributed by atoms with E-state index in [0.717, 1.165) is 155 Å². The van der Waals surface area contributed by atoms with Crippen LogP contribution in [0.25, 0.3) is 77.0 Å². The second-order valence-corrected chi connectivity index (χ2v) is 27.4. The Morgan fingerprint density at radius 1 is 0.479 bits per heavy atom. The first-order chi connectivity index (χ1) is 44.5. The normalized spacial score (nSPS) is 19.2. The third-order valence-corrected chi connectivity index (χ3v) is 18.5. The average molecular weight is 1370 g/mol. The zero-order valence-electron chi connectivity index (χ0n) is 55.4. The van der Waals surface area contributed by atoms with Crippen LogP contribution in [0.15, 0.2) is 162 Å². The number of imidazole rings is 2. The quantitative estimate of drug-likeness (QED) is 0.112. The smallest absolute Gasteiger partial charge is 0.410 e. The summed E-state index contributed by atoms with van der Waals surface area (Å²) >= 11 is 0. The molecular weight excluding hydrogens is 1280 g/mol. The van der Waals surface area contributed by atoms with Gasteiger partial charge in [0.2, 0.25) is 0 Å². The van der Waals surface area contributed by atoms with Crippen molar-refractivity contribution in [3.8, 4) is 22.3 Å². The van der Waals surface area contributed by atoms with Gasteiger partial charge in [-0.25, -0.2) is 24.4 Å². The maximum atomic E-state index is 13.0. The van der Waals surface area contributed by atoms with Crippen LogP contribution < -0.4 is 5.32 Å². The number of fused-ring (bicyclic) bond motifs is 4. The van der Waals surface area contributed by atoms with E-state index in [0.29, 0.717) is 19.1 Å². The Bertz CT molecular complexity index is 4480. The predicted octanol–water partition coefficient (Wildman–Crippen LogP) is 17.5. The number of ether oxygens (including phenoxy) is 3. The fraction of sp³-hybridized carbons (Fsp3) is 0.355. The molecule has 0 spiro atoms. The maximum Gasteiger partial charge on any atom is 0.410 e. The topological polar surface area (TPSA) is 183 Å². The lowest BCUT2D eigenvalue weighted by molar-refractivity contribution is 0.0254. The van der Waals surface area contributed by atoms with Gasteiger partial charge >= 0.3 is 18.3 Å². The van der Waals surface area contributed by atoms with Gasteiger partial charge in [-0.15, -0.1) is 0 Å². The summed E-state index contributed by atoms with van der Waals surface area (Å²) in [7, 11) is 0. The van der Waals surface area contributed by atoms with Crippen molar-refractivity contribution in [3.63, 3.8) is 0 Å². The van der Waals surface area contributed by atoms with Crippen LogP contribution in [-0.2, 0) is 20.8 Å². The zero-order valence-corrected chi connectivity index (χ0v) is 59.4. The van der Waals surface area contributed by atoms with Crippen LogP contribution in [0.5, 0.6) is 0 Å². The number of aliphatic imine (C=N–C) groups is 2. The molecule has 8 heterocycles. The van der Waals surface area contributed by atoms with Gasteiger partial charge in [-0.1, -0.05) is 91.0 Å². The Hall–Kier alpha value is -8.01. The van der Waals surface area contributed by atoms with Gasteiger partial charge in [-0.3, -0.25) is 24.7 Å². The molecule has 20 heteroatoms. The number of likely N-dealkylation sites (tertiary alicyclic amines) is 3. The predicted molar refractivity (Wildman–Crippen MR) is 409 cm³/mol. The Morgan fingerprint density at radius 2 is 0.896 bits per heavy atom. The van der Waals surface area contributed by atoms with E-state index in [1.54, 1.807) is 4.90 Å². The van der Waals surface area contributed by atoms with Crippen molar-refractivity contribution in [3.05, 3.63) is 180 Å². The molecule has 0 bridgehead atoms. The molecule has 3 N–H and O–H groups in total. The highest BCUT2D eigenvalue weighted by Gasteiger charge is 2.39. The summed E-state index contributed by atoms with van der Waals surface area (Å²) in [5.74, 6) is 1.83. The summed E-state index contributed by atoms with van der Waals surface area (Å²) in [6.07, 6.45) is 12.5. The van der Waals surface area contributed by atoms with Crippen molar-refractivity contribution >= 4 is 138 Å². The van der Waals surface area contributed by atoms with Crippen LogP contribution in [0.4, 0.5) is 14.4 Å². The van der Waals surface area contributed by atoms with Gasteiger partial charge < -0.3 is 29.5 Å². The molecule has 15 rings (SSSR count). The lowest BCUT2D eigenvalue weighted by atomic mass is 9.95. The molecular formula is C76H90N10O6S4. The standard InChI is InChI=1S/C42H43N5O4.C34H37N5O2.4H2S.H2/c1-42(2,3)51-41(49)46-19-7-11-37(46)36-24-33(25-43-36)31-16-15-28-21-30(14-13-29(28)22-31)32-17-18-34-35(23-32)45-39(44-34)38-12-8-20-47(38)40(48)50-26-27-9-5-4-6-10-27;1-34(2,3)41-33(40)39-15-5-7-31(39)30-19-26(20-36-30)24-11-10-21-16-23(9-8-22(21)17-24)25-12-13-27-29(18-25)38-32(37-27)28-6-4-14-35-28;;;;;/h4-6,9-10,13-18,21-23,25,37-38H,7-8,11-12,19-20,24,26H2,1-3H3,(H,44,45);8-13,16-18,20,28,31,35H,4-7,14-15,19H2,1-3H3,(H,37,38);4*1H2;1H/t37-,38-;28-,31-;;;;;/m00...../s1. The Labute approximate surface area is 591 Å². The number of nitrogens with zero attached hydrogens (tertiary/aromatic N) is 7. The highest BCUT2D eigenvalue weighted by molar-refractivity contribution is 7.59. The van der Waals surface area contributed by atoms with Crippen molar-refractivity contribution in [1.82, 2.24) is 40.0 Å². The fourth-order valence-electron chi connectivity index (χ4n) is 13.9. The molecule has 504 valence electrons. The fourth-order valence-corrected chi connectivity index (χ4v) is 13.9. The first-order valence-electron chi connectivity index (χ1n) is 32.8. The van der Waals surface area contributed by atoms with Crippen LogP contribution in [-0.4, -0.2) is 114 Å². The van der Waals surface area contributed by atoms with Crippen molar-refractivity contribution in [2.75, 3.05) is 26.2 Å². The second-order valence-electron chi connectivity index (χ2n) is 27.4. The van der Waals surface area contributed by atoms with Crippen molar-refractivity contribution in [2.24, 2.45) is 9.98 Å². The number of H-pyrrole nitrogens is 2. The molecule has 6 aliphatic heterocycles. The number of carbonyl (C=O) groups is 3. The minimum atomic E-state index is -0.523. The Balaban J connectivity index is 0.000000221. The van der Waals surface area contributed by atoms with E-state index in [1.165, 1.54) is 39.5 Å². The molecule has 0 saturated carbocycles. The van der Waals surface area contributed by atoms with E-state index in [9.17, 15) is 14.4 Å². The number of carbonyl (C=O) groups excluding carboxylic acids is 3. The van der Waals surface area contributed by atoms with Gasteiger partial charge in [-0.2, -0.15) is 54.0 Å². The lowest BCUT2D eigenvalue weighted by Gasteiger charge is -2.28. The summed E-state index contributed by atoms with van der Waals surface area (Å²) in [4.78, 5) is 70.6. The number of aromatic amines is 2. The molecule has 3 amide bonds. The number of allylic oxidation sites excluding steroid dienone is 2. The molecule has 0 radical (unpaired) electrons. The number of aromatic nitrogens is 4. The molecule has 0 aliphatic carbocycles. The second kappa shape index (κ2) is 29.8. The van der Waals surface area contributed by atoms with E-state index >= 15 is 0 Å². The number of amides is 3. The minimum Gasteiger partial charge on any atom is -0.445 e. The Kier molecular flexibility index (Phi) is 22.0. The molecule has 6 aliphatic rings. The van der Waals surface area contributed by atoms with Gasteiger partial charge in [-0.05, 0) is 220 Å². The largest absolute Gasteiger partial charge is 0.445 e. The molecule has 7 aromatic carbocycles. The maximum absolute atomic E-state index is 13.0. The van der Waals surface area contributed by atoms with E-state index < -0.39 is 11.2 Å². The third-order valence-electron chi connectivity index (χ3n) is 18.5. The van der Waals surface area contributed by atoms with Crippen molar-refractivity contribution < 1.29 is 30.0 Å². The molecule has 4 fully saturated rings. The summed E-state index contributed by atoms with van der Waals surface area (Å²) in [5, 5.41) is 8.25. The van der Waals surface area contributed by atoms with Gasteiger partial charge in [0, 0.05) is 57.7 Å². The van der Waals surface area contributed by atoms with Crippen LogP contribution >= 0.6 is 54.0 Å². The van der Waals surface area contributed by atoms with Crippen LogP contribution in [0.2, 0.25) is 0 Å². The van der Waals surface area contributed by atoms with Crippen LogP contribution in [0, 0.1) is 0 Å². The van der Waals surface area contributed by atoms with Crippen LogP contribution in [0.1, 0.15) is 148 Å². The zero-order chi connectivity index (χ0) is 63.3. The molecule has 9 aromatic rings.